The number of pyridine rings is 1. The van der Waals surface area contributed by atoms with Gasteiger partial charge in [-0.1, -0.05) is 12.1 Å². The summed E-state index contributed by atoms with van der Waals surface area (Å²) < 4.78 is 0. The van der Waals surface area contributed by atoms with Crippen LogP contribution in [0.1, 0.15) is 5.82 Å². The van der Waals surface area contributed by atoms with Gasteiger partial charge >= 0.3 is 0 Å². The molecule has 3 heterocycles. The lowest BCUT2D eigenvalue weighted by molar-refractivity contribution is 1.17. The van der Waals surface area contributed by atoms with Crippen molar-refractivity contribution in [3.8, 4) is 11.4 Å². The number of anilines is 2. The second-order valence-corrected chi connectivity index (χ2v) is 6.33. The van der Waals surface area contributed by atoms with E-state index in [1.54, 1.807) is 12.4 Å². The van der Waals surface area contributed by atoms with Crippen LogP contribution in [0.25, 0.3) is 33.3 Å². The quantitative estimate of drug-likeness (QED) is 0.495. The number of H-pyrrole nitrogens is 1. The third-order valence-electron chi connectivity index (χ3n) is 4.40. The molecule has 0 aliphatic carbocycles. The van der Waals surface area contributed by atoms with E-state index in [0.29, 0.717) is 5.82 Å². The SMILES string of the molecule is Cc1nc2ccc(Nc3nc(-c4ccncc4)nc4ccccc34)cc2[nH]1. The summed E-state index contributed by atoms with van der Waals surface area (Å²) in [4.78, 5) is 21.3. The predicted molar refractivity (Wildman–Crippen MR) is 107 cm³/mol. The summed E-state index contributed by atoms with van der Waals surface area (Å²) in [5.74, 6) is 2.33. The molecule has 6 heteroatoms. The number of rotatable bonds is 3. The van der Waals surface area contributed by atoms with Crippen molar-refractivity contribution in [1.82, 2.24) is 24.9 Å². The van der Waals surface area contributed by atoms with Crippen molar-refractivity contribution in [3.05, 3.63) is 72.8 Å². The third kappa shape index (κ3) is 2.87. The number of fused-ring (bicyclic) bond motifs is 2. The van der Waals surface area contributed by atoms with Crippen LogP contribution in [0.5, 0.6) is 0 Å². The van der Waals surface area contributed by atoms with E-state index in [-0.39, 0.29) is 0 Å². The molecule has 0 amide bonds. The third-order valence-corrected chi connectivity index (χ3v) is 4.40. The molecule has 5 aromatic rings. The molecule has 2 aromatic carbocycles. The molecule has 0 radical (unpaired) electrons. The average molecular weight is 352 g/mol. The molecule has 0 atom stereocenters. The number of hydrogen-bond acceptors (Lipinski definition) is 5. The van der Waals surface area contributed by atoms with Crippen molar-refractivity contribution in [2.24, 2.45) is 0 Å². The van der Waals surface area contributed by atoms with E-state index in [0.717, 1.165) is 44.8 Å². The topological polar surface area (TPSA) is 79.4 Å². The number of para-hydroxylation sites is 1. The molecule has 2 N–H and O–H groups in total. The summed E-state index contributed by atoms with van der Waals surface area (Å²) in [7, 11) is 0. The molecular weight excluding hydrogens is 336 g/mol. The van der Waals surface area contributed by atoms with Gasteiger partial charge in [0.05, 0.1) is 16.6 Å². The van der Waals surface area contributed by atoms with Crippen molar-refractivity contribution in [1.29, 1.82) is 0 Å². The predicted octanol–water partition coefficient (Wildman–Crippen LogP) is 4.62. The molecule has 0 aliphatic rings. The molecule has 0 saturated carbocycles. The molecule has 0 fully saturated rings. The lowest BCUT2D eigenvalue weighted by atomic mass is 10.2. The Bertz CT molecular complexity index is 1260. The van der Waals surface area contributed by atoms with Crippen LogP contribution in [0.3, 0.4) is 0 Å². The van der Waals surface area contributed by atoms with Crippen molar-refractivity contribution in [2.45, 2.75) is 6.92 Å². The maximum Gasteiger partial charge on any atom is 0.162 e. The van der Waals surface area contributed by atoms with E-state index in [1.165, 1.54) is 0 Å². The van der Waals surface area contributed by atoms with Crippen LogP contribution in [0.4, 0.5) is 11.5 Å². The fraction of sp³-hybridized carbons (Fsp3) is 0.0476. The Morgan fingerprint density at radius 2 is 1.70 bits per heavy atom. The second kappa shape index (κ2) is 6.17. The van der Waals surface area contributed by atoms with E-state index in [1.807, 2.05) is 61.5 Å². The smallest absolute Gasteiger partial charge is 0.162 e. The average Bonchev–Trinajstić information content (AvgIpc) is 3.08. The Labute approximate surface area is 155 Å². The standard InChI is InChI=1S/C21H16N6/c1-13-23-18-7-6-15(12-19(18)24-13)25-21-16-4-2-3-5-17(16)26-20(27-21)14-8-10-22-11-9-14/h2-12H,1H3,(H,23,24)(H,25,26,27). The zero-order valence-corrected chi connectivity index (χ0v) is 14.6. The molecule has 6 nitrogen and oxygen atoms in total. The van der Waals surface area contributed by atoms with Gasteiger partial charge in [0.2, 0.25) is 0 Å². The molecular formula is C21H16N6. The summed E-state index contributed by atoms with van der Waals surface area (Å²) >= 11 is 0. The fourth-order valence-electron chi connectivity index (χ4n) is 3.15. The Balaban J connectivity index is 1.64. The van der Waals surface area contributed by atoms with Gasteiger partial charge in [-0.2, -0.15) is 0 Å². The van der Waals surface area contributed by atoms with Gasteiger partial charge < -0.3 is 10.3 Å². The summed E-state index contributed by atoms with van der Waals surface area (Å²) in [5.41, 5.74) is 4.70. The van der Waals surface area contributed by atoms with Crippen LogP contribution in [-0.2, 0) is 0 Å². The number of aromatic nitrogens is 5. The van der Waals surface area contributed by atoms with Gasteiger partial charge in [0.15, 0.2) is 5.82 Å². The van der Waals surface area contributed by atoms with Crippen molar-refractivity contribution in [3.63, 3.8) is 0 Å². The number of imidazole rings is 1. The molecule has 130 valence electrons. The van der Waals surface area contributed by atoms with Crippen LogP contribution < -0.4 is 5.32 Å². The highest BCUT2D eigenvalue weighted by atomic mass is 15.0. The van der Waals surface area contributed by atoms with Gasteiger partial charge in [-0.15, -0.1) is 0 Å². The van der Waals surface area contributed by atoms with E-state index >= 15 is 0 Å². The number of aryl methyl sites for hydroxylation is 1. The first-order chi connectivity index (χ1) is 13.3. The van der Waals surface area contributed by atoms with E-state index in [9.17, 15) is 0 Å². The van der Waals surface area contributed by atoms with Gasteiger partial charge in [0, 0.05) is 29.0 Å². The first kappa shape index (κ1) is 15.5. The minimum atomic E-state index is 0.664. The number of aromatic amines is 1. The van der Waals surface area contributed by atoms with Gasteiger partial charge in [-0.05, 0) is 49.4 Å². The van der Waals surface area contributed by atoms with Crippen LogP contribution >= 0.6 is 0 Å². The Kier molecular flexibility index (Phi) is 3.53. The van der Waals surface area contributed by atoms with Crippen LogP contribution in [0.2, 0.25) is 0 Å². The Morgan fingerprint density at radius 3 is 2.59 bits per heavy atom. The van der Waals surface area contributed by atoms with Gasteiger partial charge in [0.25, 0.3) is 0 Å². The van der Waals surface area contributed by atoms with E-state index < -0.39 is 0 Å². The lowest BCUT2D eigenvalue weighted by Crippen LogP contribution is -1.99. The lowest BCUT2D eigenvalue weighted by Gasteiger charge is -2.11. The molecule has 0 spiro atoms. The summed E-state index contributed by atoms with van der Waals surface area (Å²) in [6, 6.07) is 17.8. The maximum atomic E-state index is 4.78. The van der Waals surface area contributed by atoms with Crippen molar-refractivity contribution >= 4 is 33.4 Å². The summed E-state index contributed by atoms with van der Waals surface area (Å²) in [6.07, 6.45) is 3.49. The van der Waals surface area contributed by atoms with Gasteiger partial charge in [-0.3, -0.25) is 4.98 Å². The zero-order chi connectivity index (χ0) is 18.2. The number of hydrogen-bond donors (Lipinski definition) is 2. The largest absolute Gasteiger partial charge is 0.342 e. The monoisotopic (exact) mass is 352 g/mol. The highest BCUT2D eigenvalue weighted by Gasteiger charge is 2.10. The van der Waals surface area contributed by atoms with Crippen LogP contribution in [0.15, 0.2) is 67.0 Å². The molecule has 0 bridgehead atoms. The van der Waals surface area contributed by atoms with Crippen LogP contribution in [-0.4, -0.2) is 24.9 Å². The normalized spacial score (nSPS) is 11.1. The van der Waals surface area contributed by atoms with Crippen molar-refractivity contribution < 1.29 is 0 Å². The summed E-state index contributed by atoms with van der Waals surface area (Å²) in [6.45, 7) is 1.95. The molecule has 5 rings (SSSR count). The second-order valence-electron chi connectivity index (χ2n) is 6.33. The van der Waals surface area contributed by atoms with E-state index in [4.69, 9.17) is 9.97 Å². The van der Waals surface area contributed by atoms with E-state index in [2.05, 4.69) is 20.3 Å². The molecule has 3 aromatic heterocycles. The zero-order valence-electron chi connectivity index (χ0n) is 14.6. The van der Waals surface area contributed by atoms with Crippen molar-refractivity contribution in [2.75, 3.05) is 5.32 Å². The Morgan fingerprint density at radius 1 is 0.852 bits per heavy atom. The van der Waals surface area contributed by atoms with Gasteiger partial charge in [0.1, 0.15) is 11.6 Å². The first-order valence-corrected chi connectivity index (χ1v) is 8.67. The Hall–Kier alpha value is -3.80. The number of nitrogens with zero attached hydrogens (tertiary/aromatic N) is 4. The van der Waals surface area contributed by atoms with Crippen LogP contribution in [0, 0.1) is 6.92 Å². The fourth-order valence-corrected chi connectivity index (χ4v) is 3.15. The minimum Gasteiger partial charge on any atom is -0.342 e. The minimum absolute atomic E-state index is 0.664. The highest BCUT2D eigenvalue weighted by Crippen LogP contribution is 2.28. The molecule has 0 aliphatic heterocycles. The molecule has 0 unspecified atom stereocenters. The number of benzene rings is 2. The number of nitrogens with one attached hydrogen (secondary N) is 2. The summed E-state index contributed by atoms with van der Waals surface area (Å²) in [5, 5.41) is 4.41. The van der Waals surface area contributed by atoms with Gasteiger partial charge in [-0.25, -0.2) is 15.0 Å². The molecule has 0 saturated heterocycles. The first-order valence-electron chi connectivity index (χ1n) is 8.67. The maximum absolute atomic E-state index is 4.78. The highest BCUT2D eigenvalue weighted by molar-refractivity contribution is 5.93. The molecule has 27 heavy (non-hydrogen) atoms.